The van der Waals surface area contributed by atoms with E-state index in [9.17, 15) is 48.8 Å². The van der Waals surface area contributed by atoms with Gasteiger partial charge in [-0.25, -0.2) is 22.9 Å². The van der Waals surface area contributed by atoms with Crippen molar-refractivity contribution in [3.63, 3.8) is 0 Å². The van der Waals surface area contributed by atoms with E-state index >= 15 is 18.4 Å². The van der Waals surface area contributed by atoms with Crippen molar-refractivity contribution in [2.45, 2.75) is 85.6 Å². The molecule has 1 fully saturated rings. The molecule has 0 radical (unpaired) electrons. The van der Waals surface area contributed by atoms with Crippen LogP contribution in [0.1, 0.15) is 95.5 Å². The summed E-state index contributed by atoms with van der Waals surface area (Å²) in [6.07, 6.45) is 3.43. The number of carboxylic acid groups (broad SMARTS) is 1. The Morgan fingerprint density at radius 1 is 0.861 bits per heavy atom. The Kier molecular flexibility index (Phi) is 15.8. The quantitative estimate of drug-likeness (QED) is 0.147. The number of aromatic nitrogens is 2. The van der Waals surface area contributed by atoms with Gasteiger partial charge in [0.1, 0.15) is 46.2 Å². The minimum Gasteiger partial charge on any atom is -0.507 e. The van der Waals surface area contributed by atoms with E-state index in [2.05, 4.69) is 10.3 Å². The molecule has 9 rings (SSSR count). The number of rotatable bonds is 6. The zero-order valence-corrected chi connectivity index (χ0v) is 44.4. The number of fused-ring (bicyclic) bond motifs is 15. The third-order valence-electron chi connectivity index (χ3n) is 15.1. The van der Waals surface area contributed by atoms with Gasteiger partial charge in [0.15, 0.2) is 17.3 Å². The molecule has 1 aliphatic carbocycles. The number of allylic oxidation sites excluding steroid dienone is 4. The van der Waals surface area contributed by atoms with Gasteiger partial charge in [-0.15, -0.1) is 0 Å². The highest BCUT2D eigenvalue weighted by molar-refractivity contribution is 6.32. The molecule has 5 bridgehead atoms. The molecule has 5 N–H and O–H groups in total. The molecule has 20 nitrogen and oxygen atoms in total. The number of nitrogens with zero attached hydrogens (tertiary/aromatic N) is 4. The Morgan fingerprint density at radius 3 is 2.16 bits per heavy atom. The average molecular weight is 1100 g/mol. The molecule has 9 atom stereocenters. The van der Waals surface area contributed by atoms with Crippen LogP contribution in [-0.4, -0.2) is 134 Å². The number of Topliss-reactive ketones (excluding diaryl/α,β-unsaturated/α-hetero) is 3. The van der Waals surface area contributed by atoms with Gasteiger partial charge in [-0.3, -0.25) is 33.3 Å². The summed E-state index contributed by atoms with van der Waals surface area (Å²) in [5.41, 5.74) is -5.56. The van der Waals surface area contributed by atoms with Gasteiger partial charge in [0.2, 0.25) is 17.0 Å². The molecule has 79 heavy (non-hydrogen) atoms. The lowest BCUT2D eigenvalue weighted by atomic mass is 9.78. The number of amides is 1. The molecule has 5 aliphatic rings. The fourth-order valence-corrected chi connectivity index (χ4v) is 10.6. The number of aromatic hydroxyl groups is 1. The molecule has 6 heterocycles. The lowest BCUT2D eigenvalue weighted by Gasteiger charge is -2.39. The number of carbonyl (C=O) groups is 6. The van der Waals surface area contributed by atoms with Crippen LogP contribution in [0.3, 0.4) is 0 Å². The number of hydrogen-bond donors (Lipinski definition) is 5. The number of phenolic OH excluding ortho intramolecular Hbond substituents is 1. The number of hydrogen-bond acceptors (Lipinski definition) is 17. The maximum absolute atomic E-state index is 16.2. The van der Waals surface area contributed by atoms with E-state index in [-0.39, 0.29) is 48.7 Å². The van der Waals surface area contributed by atoms with Crippen LogP contribution in [0.5, 0.6) is 11.5 Å². The van der Waals surface area contributed by atoms with Crippen molar-refractivity contribution in [2.75, 3.05) is 38.2 Å². The number of carboxylic acids is 1. The van der Waals surface area contributed by atoms with Crippen LogP contribution in [0.15, 0.2) is 82.8 Å². The number of halogens is 3. The van der Waals surface area contributed by atoms with Gasteiger partial charge in [-0.2, -0.15) is 0 Å². The largest absolute Gasteiger partial charge is 0.507 e. The van der Waals surface area contributed by atoms with Crippen molar-refractivity contribution in [3.05, 3.63) is 133 Å². The standard InChI is InChI=1S/C56H58F3N5O15/c1-24-11-10-12-25(2)54(73)60-41-42(62-16-18-63(19-17-62)53-35(59)22-32-46(69)33(55(74)75)23-64(52(32)61-53)36-14-13-31(57)21-34(36)58)48(71)38-39(47(41)70)45(68)29(6)50-40(38)51(72)56(8,79-50)77-20-15-37(76-9)26(3)49(78-30(7)65)28(5)44(67)27(4)43(24)66/h10-15,20-24,26-28,37,43-44,49,66-68H,16-19H2,1-9H3,(H,60,73)(H,74,75)/t24-,26+,27+,28+,37-,43-,44+,49+,56-/m0/s1. The van der Waals surface area contributed by atoms with E-state index in [1.807, 2.05) is 0 Å². The fraction of sp³-hybridized carbons (Fsp3) is 0.393. The molecule has 23 heteroatoms. The number of aromatic carboxylic acids is 1. The van der Waals surface area contributed by atoms with Crippen LogP contribution in [0.2, 0.25) is 0 Å². The molecule has 1 saturated heterocycles. The normalized spacial score (nSPS) is 26.0. The Bertz CT molecular complexity index is 3440. The molecule has 0 saturated carbocycles. The van der Waals surface area contributed by atoms with Crippen molar-refractivity contribution >= 4 is 52.0 Å². The zero-order valence-electron chi connectivity index (χ0n) is 44.4. The van der Waals surface area contributed by atoms with Crippen molar-refractivity contribution < 1.29 is 81.3 Å². The predicted molar refractivity (Wildman–Crippen MR) is 276 cm³/mol. The highest BCUT2D eigenvalue weighted by atomic mass is 19.1. The van der Waals surface area contributed by atoms with Gasteiger partial charge < -0.3 is 54.5 Å². The summed E-state index contributed by atoms with van der Waals surface area (Å²) in [6.45, 7) is 11.0. The number of aliphatic hydroxyl groups is 2. The SMILES string of the molecule is CO[C@H]1C=CO[C@@]2(C)Oc3c(C)c(O)c4c(c3C2=O)C(=O)C(N2CCN(c3nc5c(cc3F)c(=O)c(C(=O)O)cn5-c3ccc(F)cc3F)CC2)=C(NC(=O)C(C)=CC=C[C@H](C)[C@H](O)[C@@H](C)[C@@H](O)[C@@H](C)[C@H](OC(C)=O)[C@@H]1C)C4=O. The lowest BCUT2D eigenvalue weighted by molar-refractivity contribution is -0.160. The summed E-state index contributed by atoms with van der Waals surface area (Å²) < 4.78 is 70.0. The summed E-state index contributed by atoms with van der Waals surface area (Å²) in [5.74, 6) is -16.1. The molecule has 2 aromatic heterocycles. The highest BCUT2D eigenvalue weighted by Crippen LogP contribution is 2.49. The van der Waals surface area contributed by atoms with Crippen molar-refractivity contribution in [2.24, 2.45) is 23.7 Å². The fourth-order valence-electron chi connectivity index (χ4n) is 10.6. The Hall–Kier alpha value is -8.15. The van der Waals surface area contributed by atoms with Crippen LogP contribution in [0.4, 0.5) is 19.0 Å². The third-order valence-corrected chi connectivity index (χ3v) is 15.1. The van der Waals surface area contributed by atoms with Crippen LogP contribution in [0.25, 0.3) is 16.7 Å². The van der Waals surface area contributed by atoms with E-state index in [1.54, 1.807) is 33.8 Å². The number of phenols is 1. The van der Waals surface area contributed by atoms with Crippen LogP contribution in [-0.2, 0) is 23.8 Å². The van der Waals surface area contributed by atoms with Crippen molar-refractivity contribution in [3.8, 4) is 17.2 Å². The minimum atomic E-state index is -2.25. The molecule has 418 valence electrons. The lowest BCUT2D eigenvalue weighted by Crippen LogP contribution is -2.50. The van der Waals surface area contributed by atoms with Gasteiger partial charge in [0, 0.05) is 94.2 Å². The number of benzene rings is 2. The number of esters is 1. The molecular formula is C56H58F3N5O15. The second-order valence-electron chi connectivity index (χ2n) is 20.3. The van der Waals surface area contributed by atoms with Gasteiger partial charge in [0.05, 0.1) is 52.3 Å². The molecular weight excluding hydrogens is 1040 g/mol. The second-order valence-corrected chi connectivity index (χ2v) is 20.3. The number of anilines is 1. The Labute approximate surface area is 450 Å². The smallest absolute Gasteiger partial charge is 0.341 e. The average Bonchev–Trinajstić information content (AvgIpc) is 3.90. The Balaban J connectivity index is 1.21. The van der Waals surface area contributed by atoms with Gasteiger partial charge >= 0.3 is 17.7 Å². The Morgan fingerprint density at radius 2 is 1.53 bits per heavy atom. The summed E-state index contributed by atoms with van der Waals surface area (Å²) in [5, 5.41) is 46.7. The summed E-state index contributed by atoms with van der Waals surface area (Å²) >= 11 is 0. The maximum Gasteiger partial charge on any atom is 0.341 e. The van der Waals surface area contributed by atoms with Gasteiger partial charge in [0.25, 0.3) is 11.7 Å². The monoisotopic (exact) mass is 1100 g/mol. The topological polar surface area (TPSA) is 274 Å². The van der Waals surface area contributed by atoms with Gasteiger partial charge in [-0.1, -0.05) is 45.9 Å². The highest BCUT2D eigenvalue weighted by Gasteiger charge is 2.53. The first kappa shape index (κ1) is 57.0. The van der Waals surface area contributed by atoms with Gasteiger partial charge in [-0.05, 0) is 38.1 Å². The molecule has 4 aromatic rings. The molecule has 0 unspecified atom stereocenters. The number of methoxy groups -OCH3 is 1. The summed E-state index contributed by atoms with van der Waals surface area (Å²) in [6, 6.07) is 3.13. The first-order valence-electron chi connectivity index (χ1n) is 25.2. The molecule has 2 aromatic carbocycles. The molecule has 0 spiro atoms. The van der Waals surface area contributed by atoms with E-state index in [0.29, 0.717) is 6.07 Å². The second kappa shape index (κ2) is 21.9. The number of aliphatic hydroxyl groups excluding tert-OH is 2. The number of carbonyl (C=O) groups excluding carboxylic acids is 5. The summed E-state index contributed by atoms with van der Waals surface area (Å²) in [7, 11) is 1.37. The van der Waals surface area contributed by atoms with E-state index in [1.165, 1.54) is 62.8 Å². The third kappa shape index (κ3) is 10.3. The van der Waals surface area contributed by atoms with E-state index in [4.69, 9.17) is 18.9 Å². The minimum absolute atomic E-state index is 0.00560. The number of ether oxygens (including phenoxy) is 4. The number of nitrogens with one attached hydrogen (secondary N) is 1. The first-order chi connectivity index (χ1) is 37.2. The van der Waals surface area contributed by atoms with Crippen LogP contribution < -0.4 is 20.4 Å². The number of pyridine rings is 2. The number of ketones is 3. The number of piperazine rings is 1. The molecule has 1 amide bonds. The summed E-state index contributed by atoms with van der Waals surface area (Å²) in [4.78, 5) is 104. The van der Waals surface area contributed by atoms with Crippen molar-refractivity contribution in [1.82, 2.24) is 19.8 Å². The van der Waals surface area contributed by atoms with Crippen LogP contribution >= 0.6 is 0 Å². The zero-order chi connectivity index (χ0) is 57.8. The van der Waals surface area contributed by atoms with E-state index < -0.39 is 168 Å². The predicted octanol–water partition coefficient (Wildman–Crippen LogP) is 5.59. The van der Waals surface area contributed by atoms with Crippen LogP contribution in [0, 0.1) is 48.0 Å². The van der Waals surface area contributed by atoms with Crippen molar-refractivity contribution in [1.29, 1.82) is 0 Å². The first-order valence-corrected chi connectivity index (χ1v) is 25.2. The van der Waals surface area contributed by atoms with E-state index in [0.717, 1.165) is 35.2 Å². The maximum atomic E-state index is 16.2. The molecule has 4 aliphatic heterocycles.